The zero-order chi connectivity index (χ0) is 12.7. The Labute approximate surface area is 103 Å². The van der Waals surface area contributed by atoms with Crippen molar-refractivity contribution in [1.29, 1.82) is 0 Å². The third kappa shape index (κ3) is 3.98. The average molecular weight is 236 g/mol. The Hall–Kier alpha value is -1.71. The molecule has 0 heterocycles. The van der Waals surface area contributed by atoms with Crippen LogP contribution in [0, 0.1) is 0 Å². The highest BCUT2D eigenvalue weighted by molar-refractivity contribution is 5.81. The van der Waals surface area contributed by atoms with Gasteiger partial charge in [0.15, 0.2) is 0 Å². The van der Waals surface area contributed by atoms with Gasteiger partial charge >= 0.3 is 0 Å². The summed E-state index contributed by atoms with van der Waals surface area (Å²) in [5.41, 5.74) is 0.918. The minimum absolute atomic E-state index is 0.0280. The quantitative estimate of drug-likeness (QED) is 0.816. The van der Waals surface area contributed by atoms with Gasteiger partial charge in [-0.3, -0.25) is 4.79 Å². The summed E-state index contributed by atoms with van der Waals surface area (Å²) < 4.78 is 5.26. The summed E-state index contributed by atoms with van der Waals surface area (Å²) in [6, 6.07) is 7.66. The zero-order valence-electron chi connectivity index (χ0n) is 10.7. The predicted molar refractivity (Wildman–Crippen MR) is 69.6 cm³/mol. The molecule has 4 heteroatoms. The van der Waals surface area contributed by atoms with Gasteiger partial charge in [-0.05, 0) is 18.6 Å². The predicted octanol–water partition coefficient (Wildman–Crippen LogP) is 1.66. The van der Waals surface area contributed by atoms with Crippen molar-refractivity contribution in [2.75, 3.05) is 32.1 Å². The third-order valence-electron chi connectivity index (χ3n) is 2.45. The molecule has 0 atom stereocenters. The number of anilines is 1. The summed E-state index contributed by atoms with van der Waals surface area (Å²) in [5, 5.41) is 2.85. The van der Waals surface area contributed by atoms with E-state index in [-0.39, 0.29) is 5.91 Å². The lowest BCUT2D eigenvalue weighted by atomic mass is 10.2. The summed E-state index contributed by atoms with van der Waals surface area (Å²) >= 11 is 0. The van der Waals surface area contributed by atoms with Crippen LogP contribution in [-0.2, 0) is 4.79 Å². The summed E-state index contributed by atoms with van der Waals surface area (Å²) in [5.74, 6) is 0.804. The third-order valence-corrected chi connectivity index (χ3v) is 2.45. The van der Waals surface area contributed by atoms with E-state index in [0.29, 0.717) is 6.54 Å². The summed E-state index contributed by atoms with van der Waals surface area (Å²) in [7, 11) is 3.51. The van der Waals surface area contributed by atoms with Gasteiger partial charge in [0.2, 0.25) is 5.91 Å². The first-order valence-corrected chi connectivity index (χ1v) is 5.80. The SMILES string of the molecule is CCCNC(=O)CN(C)c1ccccc1OC. The maximum Gasteiger partial charge on any atom is 0.239 e. The van der Waals surface area contributed by atoms with Crippen molar-refractivity contribution in [3.05, 3.63) is 24.3 Å². The summed E-state index contributed by atoms with van der Waals surface area (Å²) in [6.45, 7) is 3.09. The van der Waals surface area contributed by atoms with Crippen LogP contribution in [-0.4, -0.2) is 33.2 Å². The number of hydrogen-bond acceptors (Lipinski definition) is 3. The molecule has 0 fully saturated rings. The zero-order valence-corrected chi connectivity index (χ0v) is 10.7. The van der Waals surface area contributed by atoms with Gasteiger partial charge in [-0.1, -0.05) is 19.1 Å². The van der Waals surface area contributed by atoms with Crippen LogP contribution in [0.3, 0.4) is 0 Å². The molecule has 0 bridgehead atoms. The highest BCUT2D eigenvalue weighted by atomic mass is 16.5. The molecule has 0 saturated heterocycles. The number of amides is 1. The van der Waals surface area contributed by atoms with E-state index in [1.165, 1.54) is 0 Å². The molecule has 1 aromatic carbocycles. The number of rotatable bonds is 6. The van der Waals surface area contributed by atoms with Crippen LogP contribution < -0.4 is 15.0 Å². The van der Waals surface area contributed by atoms with Crippen LogP contribution >= 0.6 is 0 Å². The molecular weight excluding hydrogens is 216 g/mol. The average Bonchev–Trinajstić information content (AvgIpc) is 2.36. The second-order valence-electron chi connectivity index (χ2n) is 3.88. The minimum atomic E-state index is 0.0280. The molecule has 17 heavy (non-hydrogen) atoms. The van der Waals surface area contributed by atoms with E-state index in [1.54, 1.807) is 7.11 Å². The fraction of sp³-hybridized carbons (Fsp3) is 0.462. The highest BCUT2D eigenvalue weighted by Gasteiger charge is 2.10. The van der Waals surface area contributed by atoms with E-state index >= 15 is 0 Å². The van der Waals surface area contributed by atoms with Crippen LogP contribution in [0.4, 0.5) is 5.69 Å². The van der Waals surface area contributed by atoms with Gasteiger partial charge in [-0.15, -0.1) is 0 Å². The molecule has 0 aliphatic rings. The lowest BCUT2D eigenvalue weighted by Gasteiger charge is -2.20. The monoisotopic (exact) mass is 236 g/mol. The summed E-state index contributed by atoms with van der Waals surface area (Å²) in [6.07, 6.45) is 0.949. The smallest absolute Gasteiger partial charge is 0.239 e. The van der Waals surface area contributed by atoms with Crippen molar-refractivity contribution in [1.82, 2.24) is 5.32 Å². The largest absolute Gasteiger partial charge is 0.495 e. The van der Waals surface area contributed by atoms with Crippen LogP contribution in [0.15, 0.2) is 24.3 Å². The first-order chi connectivity index (χ1) is 8.19. The van der Waals surface area contributed by atoms with Crippen LogP contribution in [0.1, 0.15) is 13.3 Å². The van der Waals surface area contributed by atoms with Crippen molar-refractivity contribution >= 4 is 11.6 Å². The van der Waals surface area contributed by atoms with E-state index in [1.807, 2.05) is 43.1 Å². The molecule has 94 valence electrons. The lowest BCUT2D eigenvalue weighted by Crippen LogP contribution is -2.35. The Balaban J connectivity index is 2.62. The number of ether oxygens (including phenoxy) is 1. The van der Waals surface area contributed by atoms with Gasteiger partial charge in [0.05, 0.1) is 19.3 Å². The molecule has 0 aliphatic carbocycles. The normalized spacial score (nSPS) is 9.82. The van der Waals surface area contributed by atoms with Gasteiger partial charge in [0.1, 0.15) is 5.75 Å². The maximum atomic E-state index is 11.6. The van der Waals surface area contributed by atoms with Crippen molar-refractivity contribution < 1.29 is 9.53 Å². The molecule has 4 nitrogen and oxygen atoms in total. The maximum absolute atomic E-state index is 11.6. The number of carbonyl (C=O) groups is 1. The molecule has 0 aromatic heterocycles. The topological polar surface area (TPSA) is 41.6 Å². The number of nitrogens with zero attached hydrogens (tertiary/aromatic N) is 1. The lowest BCUT2D eigenvalue weighted by molar-refractivity contribution is -0.119. The number of benzene rings is 1. The number of methoxy groups -OCH3 is 1. The number of para-hydroxylation sites is 2. The molecule has 0 aliphatic heterocycles. The fourth-order valence-corrected chi connectivity index (χ4v) is 1.57. The minimum Gasteiger partial charge on any atom is -0.495 e. The van der Waals surface area contributed by atoms with Gasteiger partial charge in [-0.25, -0.2) is 0 Å². The summed E-state index contributed by atoms with van der Waals surface area (Å²) in [4.78, 5) is 13.5. The standard InChI is InChI=1S/C13H20N2O2/c1-4-9-14-13(16)10-15(2)11-7-5-6-8-12(11)17-3/h5-8H,4,9-10H2,1-3H3,(H,14,16). The Morgan fingerprint density at radius 3 is 2.76 bits per heavy atom. The second-order valence-corrected chi connectivity index (χ2v) is 3.88. The van der Waals surface area contributed by atoms with E-state index < -0.39 is 0 Å². The van der Waals surface area contributed by atoms with Gasteiger partial charge in [0, 0.05) is 13.6 Å². The van der Waals surface area contributed by atoms with Crippen LogP contribution in [0.5, 0.6) is 5.75 Å². The van der Waals surface area contributed by atoms with E-state index in [9.17, 15) is 4.79 Å². The van der Waals surface area contributed by atoms with Crippen molar-refractivity contribution in [3.63, 3.8) is 0 Å². The van der Waals surface area contributed by atoms with Gasteiger partial charge in [-0.2, -0.15) is 0 Å². The molecule has 0 saturated carbocycles. The van der Waals surface area contributed by atoms with Crippen molar-refractivity contribution in [2.24, 2.45) is 0 Å². The van der Waals surface area contributed by atoms with Crippen molar-refractivity contribution in [3.8, 4) is 5.75 Å². The fourth-order valence-electron chi connectivity index (χ4n) is 1.57. The number of nitrogens with one attached hydrogen (secondary N) is 1. The molecular formula is C13H20N2O2. The van der Waals surface area contributed by atoms with Gasteiger partial charge in [0.25, 0.3) is 0 Å². The number of likely N-dealkylation sites (N-methyl/N-ethyl adjacent to an activating group) is 1. The van der Waals surface area contributed by atoms with E-state index in [0.717, 1.165) is 24.4 Å². The second kappa shape index (κ2) is 6.78. The van der Waals surface area contributed by atoms with Crippen LogP contribution in [0.2, 0.25) is 0 Å². The Bertz CT molecular complexity index is 366. The molecule has 0 unspecified atom stereocenters. The van der Waals surface area contributed by atoms with Crippen molar-refractivity contribution in [2.45, 2.75) is 13.3 Å². The first kappa shape index (κ1) is 13.4. The van der Waals surface area contributed by atoms with Crippen LogP contribution in [0.25, 0.3) is 0 Å². The van der Waals surface area contributed by atoms with E-state index in [4.69, 9.17) is 4.74 Å². The molecule has 1 N–H and O–H groups in total. The van der Waals surface area contributed by atoms with Gasteiger partial charge < -0.3 is 15.0 Å². The Morgan fingerprint density at radius 1 is 1.41 bits per heavy atom. The molecule has 1 aromatic rings. The first-order valence-electron chi connectivity index (χ1n) is 5.80. The Kier molecular flexibility index (Phi) is 5.33. The number of carbonyl (C=O) groups excluding carboxylic acids is 1. The highest BCUT2D eigenvalue weighted by Crippen LogP contribution is 2.26. The van der Waals surface area contributed by atoms with E-state index in [2.05, 4.69) is 5.32 Å². The molecule has 1 amide bonds. The molecule has 0 spiro atoms. The molecule has 1 rings (SSSR count). The Morgan fingerprint density at radius 2 is 2.12 bits per heavy atom. The molecule has 0 radical (unpaired) electrons. The number of hydrogen-bond donors (Lipinski definition) is 1.